The van der Waals surface area contributed by atoms with Gasteiger partial charge >= 0.3 is 100 Å². The summed E-state index contributed by atoms with van der Waals surface area (Å²) < 4.78 is 0.423. The average molecular weight is 262 g/mol. The fourth-order valence-corrected chi connectivity index (χ4v) is 4.49. The van der Waals surface area contributed by atoms with Crippen molar-refractivity contribution in [1.29, 1.82) is 0 Å². The Bertz CT molecular complexity index is 298. The second-order valence-corrected chi connectivity index (χ2v) is 9.20. The summed E-state index contributed by atoms with van der Waals surface area (Å²) in [4.78, 5) is 2.56. The molecule has 81 valence electrons. The van der Waals surface area contributed by atoms with E-state index in [1.807, 2.05) is 0 Å². The van der Waals surface area contributed by atoms with Gasteiger partial charge in [-0.25, -0.2) is 0 Å². The van der Waals surface area contributed by atoms with Crippen LogP contribution in [-0.2, 0) is 4.25 Å². The molecule has 1 radical (unpaired) electrons. The van der Waals surface area contributed by atoms with Gasteiger partial charge < -0.3 is 0 Å². The molecule has 0 saturated heterocycles. The van der Waals surface area contributed by atoms with Gasteiger partial charge in [-0.1, -0.05) is 0 Å². The first-order chi connectivity index (χ1) is 7.17. The van der Waals surface area contributed by atoms with E-state index < -0.39 is 0 Å². The molecule has 0 atom stereocenters. The molecule has 0 nitrogen and oxygen atoms in total. The van der Waals surface area contributed by atoms with E-state index in [0.29, 0.717) is 4.25 Å². The van der Waals surface area contributed by atoms with Crippen LogP contribution in [0.2, 0.25) is 0 Å². The zero-order chi connectivity index (χ0) is 11.1. The Morgan fingerprint density at radius 1 is 1.27 bits per heavy atom. The van der Waals surface area contributed by atoms with Crippen molar-refractivity contribution in [2.45, 2.75) is 37.4 Å². The monoisotopic (exact) mass is 263 g/mol. The predicted octanol–water partition coefficient (Wildman–Crippen LogP) is 3.16. The fraction of sp³-hybridized carbons (Fsp3) is 0.429. The maximum absolute atomic E-state index is 3.88. The van der Waals surface area contributed by atoms with Gasteiger partial charge in [0.1, 0.15) is 0 Å². The van der Waals surface area contributed by atoms with Gasteiger partial charge in [-0.3, -0.25) is 0 Å². The van der Waals surface area contributed by atoms with Gasteiger partial charge in [-0.15, -0.1) is 0 Å². The van der Waals surface area contributed by atoms with Crippen molar-refractivity contribution in [3.63, 3.8) is 0 Å². The third-order valence-corrected chi connectivity index (χ3v) is 6.31. The van der Waals surface area contributed by atoms with Gasteiger partial charge in [-0.2, -0.15) is 0 Å². The van der Waals surface area contributed by atoms with Crippen LogP contribution in [0, 0.1) is 6.92 Å². The first-order valence-corrected chi connectivity index (χ1v) is 8.30. The molecule has 0 bridgehead atoms. The van der Waals surface area contributed by atoms with E-state index in [9.17, 15) is 0 Å². The molecule has 0 aliphatic carbocycles. The Balaban J connectivity index is 2.63. The molecule has 0 aliphatic heterocycles. The summed E-state index contributed by atoms with van der Waals surface area (Å²) in [5, 5.41) is 0. The van der Waals surface area contributed by atoms with Crippen LogP contribution in [0.1, 0.15) is 38.7 Å². The topological polar surface area (TPSA) is 0 Å². The molecule has 1 rings (SSSR count). The Kier molecular flexibility index (Phi) is 5.31. The van der Waals surface area contributed by atoms with Crippen LogP contribution in [-0.4, -0.2) is 19.8 Å². The molecule has 15 heavy (non-hydrogen) atoms. The second kappa shape index (κ2) is 6.27. The van der Waals surface area contributed by atoms with Gasteiger partial charge in [-0.05, 0) is 0 Å². The van der Waals surface area contributed by atoms with E-state index in [0.717, 1.165) is 6.42 Å². The summed E-state index contributed by atoms with van der Waals surface area (Å²) >= 11 is -0.292. The van der Waals surface area contributed by atoms with Crippen LogP contribution in [0.15, 0.2) is 30.3 Å². The van der Waals surface area contributed by atoms with Crippen molar-refractivity contribution in [2.24, 2.45) is 0 Å². The van der Waals surface area contributed by atoms with Gasteiger partial charge in [0, 0.05) is 0 Å². The minimum absolute atomic E-state index is 0.292. The van der Waals surface area contributed by atoms with Crippen molar-refractivity contribution < 1.29 is 0 Å². The molecule has 0 saturated carbocycles. The fourth-order valence-electron chi connectivity index (χ4n) is 1.60. The van der Waals surface area contributed by atoms with E-state index >= 15 is 0 Å². The third kappa shape index (κ3) is 4.33. The van der Waals surface area contributed by atoms with Crippen molar-refractivity contribution in [3.8, 4) is 0 Å². The molecule has 0 unspecified atom stereocenters. The van der Waals surface area contributed by atoms with E-state index in [1.54, 1.807) is 0 Å². The summed E-state index contributed by atoms with van der Waals surface area (Å²) in [6.07, 6.45) is 3.58. The van der Waals surface area contributed by atoms with Crippen LogP contribution >= 0.6 is 0 Å². The van der Waals surface area contributed by atoms with Crippen LogP contribution < -0.4 is 0 Å². The van der Waals surface area contributed by atoms with Gasteiger partial charge in [0.25, 0.3) is 0 Å². The molecule has 1 aromatic carbocycles. The Morgan fingerprint density at radius 2 is 1.93 bits per heavy atom. The summed E-state index contributed by atoms with van der Waals surface area (Å²) in [5.74, 6) is 0. The van der Waals surface area contributed by atoms with E-state index in [-0.39, 0.29) is 15.0 Å². The van der Waals surface area contributed by atoms with Crippen LogP contribution in [0.5, 0.6) is 0 Å². The molecule has 0 aromatic heterocycles. The Morgan fingerprint density at radius 3 is 2.53 bits per heavy atom. The van der Waals surface area contributed by atoms with Gasteiger partial charge in [0.2, 0.25) is 0 Å². The standard InChI is InChI=1S/C14H21Ge/c1-4-5-9-12-15-14(2,3)13-10-7-6-8-11-13/h6-8,10-12,15H,1,4-5,9H2,2-3H3. The summed E-state index contributed by atoms with van der Waals surface area (Å²) in [6, 6.07) is 10.9. The molecule has 0 aliphatic rings. The summed E-state index contributed by atoms with van der Waals surface area (Å²) in [6.45, 7) is 8.63. The van der Waals surface area contributed by atoms with Gasteiger partial charge in [0.15, 0.2) is 0 Å². The molecule has 0 spiro atoms. The molecule has 0 N–H and O–H groups in total. The number of unbranched alkanes of at least 4 members (excludes halogenated alkanes) is 2. The zero-order valence-electron chi connectivity index (χ0n) is 9.87. The average Bonchev–Trinajstić information content (AvgIpc) is 2.26. The number of hydrogen-bond donors (Lipinski definition) is 0. The zero-order valence-corrected chi connectivity index (χ0v) is 12.3. The Hall–Kier alpha value is -0.367. The van der Waals surface area contributed by atoms with Crippen LogP contribution in [0.4, 0.5) is 0 Å². The SMILES string of the molecule is [CH2]CCC[CH]=[GeH][C](C)(C)c1ccccc1. The molecular formula is C14H21Ge. The molecule has 0 fully saturated rings. The minimum atomic E-state index is -0.292. The number of hydrogen-bond acceptors (Lipinski definition) is 0. The van der Waals surface area contributed by atoms with E-state index in [2.05, 4.69) is 56.0 Å². The Labute approximate surface area is 100 Å². The summed E-state index contributed by atoms with van der Waals surface area (Å²) in [5.41, 5.74) is 1.50. The van der Waals surface area contributed by atoms with Crippen molar-refractivity contribution in [3.05, 3.63) is 42.8 Å². The predicted molar refractivity (Wildman–Crippen MR) is 71.9 cm³/mol. The second-order valence-electron chi connectivity index (χ2n) is 4.49. The molecule has 1 heteroatoms. The normalized spacial score (nSPS) is 12.2. The maximum atomic E-state index is 3.88. The number of benzene rings is 1. The van der Waals surface area contributed by atoms with Crippen molar-refractivity contribution in [1.82, 2.24) is 0 Å². The first-order valence-electron chi connectivity index (χ1n) is 5.69. The van der Waals surface area contributed by atoms with Gasteiger partial charge in [0.05, 0.1) is 0 Å². The molecule has 0 amide bonds. The molecular weight excluding hydrogens is 241 g/mol. The first kappa shape index (κ1) is 12.7. The van der Waals surface area contributed by atoms with Crippen molar-refractivity contribution in [2.75, 3.05) is 0 Å². The van der Waals surface area contributed by atoms with Crippen molar-refractivity contribution >= 4 is 19.8 Å². The number of rotatable bonds is 5. The third-order valence-electron chi connectivity index (χ3n) is 2.67. The molecule has 0 heterocycles. The summed E-state index contributed by atoms with van der Waals surface area (Å²) in [7, 11) is 0. The van der Waals surface area contributed by atoms with Crippen LogP contribution in [0.3, 0.4) is 0 Å². The quantitative estimate of drug-likeness (QED) is 0.564. The molecule has 1 aromatic rings. The van der Waals surface area contributed by atoms with E-state index in [1.165, 1.54) is 18.4 Å². The van der Waals surface area contributed by atoms with E-state index in [4.69, 9.17) is 0 Å². The van der Waals surface area contributed by atoms with Crippen LogP contribution in [0.25, 0.3) is 0 Å².